The third kappa shape index (κ3) is 2.34. The van der Waals surface area contributed by atoms with Crippen molar-refractivity contribution >= 4 is 17.5 Å². The molecule has 118 valence electrons. The summed E-state index contributed by atoms with van der Waals surface area (Å²) >= 11 is 0. The highest BCUT2D eigenvalue weighted by Gasteiger charge is 2.15. The van der Waals surface area contributed by atoms with Gasteiger partial charge in [0.15, 0.2) is 23.3 Å². The highest BCUT2D eigenvalue weighted by molar-refractivity contribution is 5.78. The third-order valence-electron chi connectivity index (χ3n) is 3.62. The zero-order valence-electron chi connectivity index (χ0n) is 12.7. The molecule has 0 atom stereocenters. The van der Waals surface area contributed by atoms with E-state index in [0.717, 1.165) is 5.56 Å². The number of oxazole rings is 1. The summed E-state index contributed by atoms with van der Waals surface area (Å²) in [4.78, 5) is 19.4. The Balaban J connectivity index is 1.85. The number of furan rings is 1. The van der Waals surface area contributed by atoms with E-state index in [1.165, 1.54) is 0 Å². The van der Waals surface area contributed by atoms with Crippen LogP contribution < -0.4 is 4.74 Å². The van der Waals surface area contributed by atoms with Gasteiger partial charge in [-0.15, -0.1) is 0 Å². The Hall–Kier alpha value is -3.41. The number of nitrogens with zero attached hydrogens (tertiary/aromatic N) is 2. The maximum atomic E-state index is 10.8. The number of fused-ring (bicyclic) bond motifs is 1. The summed E-state index contributed by atoms with van der Waals surface area (Å²) in [6.07, 6.45) is 2.32. The van der Waals surface area contributed by atoms with Crippen molar-refractivity contribution in [3.63, 3.8) is 0 Å². The molecule has 0 aliphatic rings. The van der Waals surface area contributed by atoms with Crippen LogP contribution in [0.4, 0.5) is 0 Å². The van der Waals surface area contributed by atoms with Crippen LogP contribution in [-0.2, 0) is 0 Å². The molecule has 4 aromatic rings. The average Bonchev–Trinajstić information content (AvgIpc) is 3.27. The number of ether oxygens (including phenoxy) is 1. The van der Waals surface area contributed by atoms with Crippen LogP contribution in [0.1, 0.15) is 10.6 Å². The Bertz CT molecular complexity index is 999. The van der Waals surface area contributed by atoms with Gasteiger partial charge < -0.3 is 13.6 Å². The quantitative estimate of drug-likeness (QED) is 0.529. The molecule has 0 bridgehead atoms. The fourth-order valence-electron chi connectivity index (χ4n) is 2.49. The van der Waals surface area contributed by atoms with Crippen LogP contribution in [0, 0.1) is 0 Å². The van der Waals surface area contributed by atoms with Crippen LogP contribution in [0.25, 0.3) is 34.0 Å². The number of carbonyl (C=O) groups excluding carboxylic acids is 1. The van der Waals surface area contributed by atoms with Crippen molar-refractivity contribution in [2.45, 2.75) is 0 Å². The zero-order chi connectivity index (χ0) is 16.5. The van der Waals surface area contributed by atoms with E-state index in [1.54, 1.807) is 37.6 Å². The largest absolute Gasteiger partial charge is 0.496 e. The van der Waals surface area contributed by atoms with Gasteiger partial charge in [0.1, 0.15) is 11.5 Å². The molecular weight excluding hydrogens is 308 g/mol. The molecule has 0 radical (unpaired) electrons. The Morgan fingerprint density at radius 1 is 1.12 bits per heavy atom. The Labute approximate surface area is 136 Å². The Morgan fingerprint density at radius 3 is 2.79 bits per heavy atom. The van der Waals surface area contributed by atoms with E-state index in [4.69, 9.17) is 13.6 Å². The van der Waals surface area contributed by atoms with Crippen LogP contribution >= 0.6 is 0 Å². The van der Waals surface area contributed by atoms with Crippen LogP contribution in [-0.4, -0.2) is 23.4 Å². The molecule has 0 amide bonds. The molecule has 4 rings (SSSR count). The number of rotatable bonds is 4. The molecule has 3 heterocycles. The zero-order valence-corrected chi connectivity index (χ0v) is 12.7. The van der Waals surface area contributed by atoms with E-state index in [2.05, 4.69) is 9.97 Å². The first-order valence-electron chi connectivity index (χ1n) is 7.24. The van der Waals surface area contributed by atoms with Crippen molar-refractivity contribution in [2.75, 3.05) is 7.11 Å². The van der Waals surface area contributed by atoms with Crippen LogP contribution in [0.5, 0.6) is 5.75 Å². The molecule has 0 N–H and O–H groups in total. The third-order valence-corrected chi connectivity index (χ3v) is 3.62. The number of benzene rings is 1. The first kappa shape index (κ1) is 14.2. The maximum absolute atomic E-state index is 10.8. The van der Waals surface area contributed by atoms with Crippen molar-refractivity contribution < 1.29 is 18.4 Å². The lowest BCUT2D eigenvalue weighted by Gasteiger charge is -2.07. The second-order valence-electron chi connectivity index (χ2n) is 5.08. The van der Waals surface area contributed by atoms with E-state index < -0.39 is 0 Å². The summed E-state index contributed by atoms with van der Waals surface area (Å²) in [5.41, 5.74) is 2.63. The van der Waals surface area contributed by atoms with Gasteiger partial charge in [0.05, 0.1) is 12.7 Å². The number of aromatic nitrogens is 2. The van der Waals surface area contributed by atoms with E-state index >= 15 is 0 Å². The van der Waals surface area contributed by atoms with Gasteiger partial charge in [0.2, 0.25) is 5.89 Å². The average molecular weight is 320 g/mol. The molecule has 0 unspecified atom stereocenters. The van der Waals surface area contributed by atoms with E-state index in [1.807, 2.05) is 18.2 Å². The van der Waals surface area contributed by atoms with E-state index in [9.17, 15) is 4.79 Å². The van der Waals surface area contributed by atoms with Crippen LogP contribution in [0.2, 0.25) is 0 Å². The molecule has 3 aromatic heterocycles. The van der Waals surface area contributed by atoms with E-state index in [-0.39, 0.29) is 5.76 Å². The number of hydrogen-bond donors (Lipinski definition) is 0. The second-order valence-corrected chi connectivity index (χ2v) is 5.08. The molecule has 0 aliphatic heterocycles. The molecule has 6 nitrogen and oxygen atoms in total. The van der Waals surface area contributed by atoms with Crippen molar-refractivity contribution in [2.24, 2.45) is 0 Å². The van der Waals surface area contributed by atoms with Crippen LogP contribution in [0.15, 0.2) is 57.5 Å². The lowest BCUT2D eigenvalue weighted by Crippen LogP contribution is -1.88. The van der Waals surface area contributed by atoms with Crippen molar-refractivity contribution in [3.05, 3.63) is 54.4 Å². The summed E-state index contributed by atoms with van der Waals surface area (Å²) in [5, 5.41) is 0. The van der Waals surface area contributed by atoms with Crippen LogP contribution in [0.3, 0.4) is 0 Å². The molecule has 6 heteroatoms. The van der Waals surface area contributed by atoms with Gasteiger partial charge in [0.25, 0.3) is 0 Å². The molecule has 0 aliphatic carbocycles. The minimum absolute atomic E-state index is 0.253. The first-order valence-corrected chi connectivity index (χ1v) is 7.24. The first-order chi connectivity index (χ1) is 11.8. The number of hydrogen-bond acceptors (Lipinski definition) is 6. The van der Waals surface area contributed by atoms with Gasteiger partial charge in [-0.05, 0) is 42.5 Å². The summed E-state index contributed by atoms with van der Waals surface area (Å²) in [5.74, 6) is 1.86. The lowest BCUT2D eigenvalue weighted by atomic mass is 10.1. The number of pyridine rings is 1. The monoisotopic (exact) mass is 320 g/mol. The number of aldehydes is 1. The van der Waals surface area contributed by atoms with Crippen molar-refractivity contribution in [1.29, 1.82) is 0 Å². The molecule has 24 heavy (non-hydrogen) atoms. The summed E-state index contributed by atoms with van der Waals surface area (Å²) < 4.78 is 16.6. The van der Waals surface area contributed by atoms with E-state index in [0.29, 0.717) is 40.5 Å². The predicted molar refractivity (Wildman–Crippen MR) is 86.9 cm³/mol. The van der Waals surface area contributed by atoms with Gasteiger partial charge in [-0.25, -0.2) is 4.98 Å². The SMILES string of the molecule is COc1ccc(-c2nc3ncccc3o2)cc1-c1ccc(C=O)o1. The molecule has 0 spiro atoms. The molecule has 1 aromatic carbocycles. The van der Waals surface area contributed by atoms with Gasteiger partial charge in [-0.3, -0.25) is 4.79 Å². The van der Waals surface area contributed by atoms with Crippen molar-refractivity contribution in [1.82, 2.24) is 9.97 Å². The van der Waals surface area contributed by atoms with Gasteiger partial charge in [0, 0.05) is 11.8 Å². The highest BCUT2D eigenvalue weighted by Crippen LogP contribution is 2.35. The summed E-state index contributed by atoms with van der Waals surface area (Å²) in [6, 6.07) is 12.4. The molecular formula is C18H12N2O4. The Kier molecular flexibility index (Phi) is 3.35. The minimum atomic E-state index is 0.253. The molecule has 0 saturated heterocycles. The smallest absolute Gasteiger partial charge is 0.228 e. The van der Waals surface area contributed by atoms with Gasteiger partial charge >= 0.3 is 0 Å². The second kappa shape index (κ2) is 5.66. The normalized spacial score (nSPS) is 10.9. The molecule has 0 saturated carbocycles. The maximum Gasteiger partial charge on any atom is 0.228 e. The predicted octanol–water partition coefficient (Wildman–Crippen LogP) is 3.97. The number of carbonyl (C=O) groups is 1. The van der Waals surface area contributed by atoms with Crippen molar-refractivity contribution in [3.8, 4) is 28.5 Å². The van der Waals surface area contributed by atoms with Gasteiger partial charge in [-0.1, -0.05) is 0 Å². The Morgan fingerprint density at radius 2 is 2.04 bits per heavy atom. The lowest BCUT2D eigenvalue weighted by molar-refractivity contribution is 0.110. The fraction of sp³-hybridized carbons (Fsp3) is 0.0556. The van der Waals surface area contributed by atoms with Gasteiger partial charge in [-0.2, -0.15) is 4.98 Å². The molecule has 0 fully saturated rings. The standard InChI is InChI=1S/C18H12N2O4/c1-22-14-6-4-11(9-13(14)15-7-5-12(10-21)23-15)18-20-17-16(24-18)3-2-8-19-17/h2-10H,1H3. The topological polar surface area (TPSA) is 78.4 Å². The fourth-order valence-corrected chi connectivity index (χ4v) is 2.49. The highest BCUT2D eigenvalue weighted by atomic mass is 16.5. The summed E-state index contributed by atoms with van der Waals surface area (Å²) in [7, 11) is 1.57. The minimum Gasteiger partial charge on any atom is -0.496 e. The summed E-state index contributed by atoms with van der Waals surface area (Å²) in [6.45, 7) is 0. The number of methoxy groups -OCH3 is 1.